The van der Waals surface area contributed by atoms with Crippen LogP contribution in [0.25, 0.3) is 0 Å². The first-order chi connectivity index (χ1) is 10.00. The number of nitrogens with one attached hydrogen (secondary N) is 2. The van der Waals surface area contributed by atoms with Gasteiger partial charge in [0.25, 0.3) is 0 Å². The maximum absolute atomic E-state index is 11.5. The predicted octanol–water partition coefficient (Wildman–Crippen LogP) is 3.36. The zero-order chi connectivity index (χ0) is 15.3. The third kappa shape index (κ3) is 4.84. The van der Waals surface area contributed by atoms with E-state index < -0.39 is 10.0 Å². The zero-order valence-corrected chi connectivity index (χ0v) is 13.8. The SMILES string of the molecule is CCS(=O)(=O)Nc1ccc(C(C)NCc2ccsc2)cc1. The Balaban J connectivity index is 1.95. The van der Waals surface area contributed by atoms with Gasteiger partial charge in [-0.05, 0) is 53.9 Å². The lowest BCUT2D eigenvalue weighted by molar-refractivity contribution is 0.575. The van der Waals surface area contributed by atoms with Crippen LogP contribution in [0.5, 0.6) is 0 Å². The lowest BCUT2D eigenvalue weighted by Crippen LogP contribution is -2.18. The first-order valence-electron chi connectivity index (χ1n) is 6.85. The Morgan fingerprint density at radius 3 is 2.48 bits per heavy atom. The van der Waals surface area contributed by atoms with Gasteiger partial charge in [-0.25, -0.2) is 8.42 Å². The molecule has 0 spiro atoms. The maximum atomic E-state index is 11.5. The Morgan fingerprint density at radius 1 is 1.19 bits per heavy atom. The molecular formula is C15H20N2O2S2. The Bertz CT molecular complexity index is 649. The molecule has 2 N–H and O–H groups in total. The van der Waals surface area contributed by atoms with Gasteiger partial charge < -0.3 is 5.32 Å². The number of benzene rings is 1. The summed E-state index contributed by atoms with van der Waals surface area (Å²) in [6, 6.07) is 9.79. The van der Waals surface area contributed by atoms with E-state index in [1.807, 2.05) is 12.1 Å². The average molecular weight is 324 g/mol. The van der Waals surface area contributed by atoms with E-state index in [0.29, 0.717) is 5.69 Å². The monoisotopic (exact) mass is 324 g/mol. The van der Waals surface area contributed by atoms with Gasteiger partial charge in [-0.15, -0.1) is 0 Å². The largest absolute Gasteiger partial charge is 0.306 e. The van der Waals surface area contributed by atoms with Crippen molar-refractivity contribution < 1.29 is 8.42 Å². The van der Waals surface area contributed by atoms with Crippen molar-refractivity contribution in [1.29, 1.82) is 0 Å². The number of thiophene rings is 1. The van der Waals surface area contributed by atoms with Gasteiger partial charge in [0.2, 0.25) is 10.0 Å². The van der Waals surface area contributed by atoms with E-state index in [4.69, 9.17) is 0 Å². The van der Waals surface area contributed by atoms with Crippen LogP contribution in [-0.4, -0.2) is 14.2 Å². The van der Waals surface area contributed by atoms with E-state index in [-0.39, 0.29) is 11.8 Å². The van der Waals surface area contributed by atoms with Crippen molar-refractivity contribution in [3.8, 4) is 0 Å². The van der Waals surface area contributed by atoms with Crippen molar-refractivity contribution in [1.82, 2.24) is 5.32 Å². The fourth-order valence-electron chi connectivity index (χ4n) is 1.87. The molecule has 1 atom stereocenters. The van der Waals surface area contributed by atoms with Crippen molar-refractivity contribution in [3.05, 3.63) is 52.2 Å². The minimum atomic E-state index is -3.21. The fourth-order valence-corrected chi connectivity index (χ4v) is 3.18. The standard InChI is InChI=1S/C15H20N2O2S2/c1-3-21(18,19)17-15-6-4-14(5-7-15)12(2)16-10-13-8-9-20-11-13/h4-9,11-12,16-17H,3,10H2,1-2H3. The second kappa shape index (κ2) is 7.06. The summed E-state index contributed by atoms with van der Waals surface area (Å²) < 4.78 is 25.5. The van der Waals surface area contributed by atoms with E-state index in [1.54, 1.807) is 30.4 Å². The Labute approximate surface area is 130 Å². The molecule has 0 saturated heterocycles. The summed E-state index contributed by atoms with van der Waals surface area (Å²) in [7, 11) is -3.21. The van der Waals surface area contributed by atoms with Gasteiger partial charge in [0.1, 0.15) is 0 Å². The lowest BCUT2D eigenvalue weighted by atomic mass is 10.1. The van der Waals surface area contributed by atoms with Crippen LogP contribution < -0.4 is 10.0 Å². The first kappa shape index (κ1) is 16.0. The summed E-state index contributed by atoms with van der Waals surface area (Å²) in [5.74, 6) is 0.0767. The molecule has 0 amide bonds. The minimum absolute atomic E-state index is 0.0767. The highest BCUT2D eigenvalue weighted by molar-refractivity contribution is 7.92. The summed E-state index contributed by atoms with van der Waals surface area (Å²) in [5.41, 5.74) is 3.01. The van der Waals surface area contributed by atoms with Crippen molar-refractivity contribution in [2.75, 3.05) is 10.5 Å². The molecule has 0 fully saturated rings. The molecule has 2 aromatic rings. The molecule has 6 heteroatoms. The van der Waals surface area contributed by atoms with E-state index in [1.165, 1.54) is 5.56 Å². The average Bonchev–Trinajstić information content (AvgIpc) is 2.98. The summed E-state index contributed by atoms with van der Waals surface area (Å²) in [4.78, 5) is 0. The van der Waals surface area contributed by atoms with Crippen LogP contribution >= 0.6 is 11.3 Å². The fraction of sp³-hybridized carbons (Fsp3) is 0.333. The van der Waals surface area contributed by atoms with Crippen molar-refractivity contribution >= 4 is 27.0 Å². The van der Waals surface area contributed by atoms with Gasteiger partial charge in [-0.1, -0.05) is 12.1 Å². The molecule has 0 bridgehead atoms. The van der Waals surface area contributed by atoms with Crippen LogP contribution in [0.4, 0.5) is 5.69 Å². The number of rotatable bonds is 7. The summed E-state index contributed by atoms with van der Waals surface area (Å²) in [5, 5.41) is 7.64. The first-order valence-corrected chi connectivity index (χ1v) is 9.44. The highest BCUT2D eigenvalue weighted by Crippen LogP contribution is 2.18. The molecule has 0 aliphatic carbocycles. The van der Waals surface area contributed by atoms with E-state index in [0.717, 1.165) is 12.1 Å². The molecule has 0 radical (unpaired) electrons. The highest BCUT2D eigenvalue weighted by atomic mass is 32.2. The number of anilines is 1. The third-order valence-electron chi connectivity index (χ3n) is 3.26. The number of hydrogen-bond donors (Lipinski definition) is 2. The zero-order valence-electron chi connectivity index (χ0n) is 12.2. The topological polar surface area (TPSA) is 58.2 Å². The maximum Gasteiger partial charge on any atom is 0.232 e. The molecule has 0 aliphatic heterocycles. The molecule has 0 saturated carbocycles. The third-order valence-corrected chi connectivity index (χ3v) is 5.30. The van der Waals surface area contributed by atoms with Gasteiger partial charge in [0.05, 0.1) is 5.75 Å². The van der Waals surface area contributed by atoms with Crippen LogP contribution in [0.1, 0.15) is 31.0 Å². The van der Waals surface area contributed by atoms with Gasteiger partial charge >= 0.3 is 0 Å². The van der Waals surface area contributed by atoms with Crippen LogP contribution in [0.3, 0.4) is 0 Å². The van der Waals surface area contributed by atoms with E-state index in [2.05, 4.69) is 33.8 Å². The number of sulfonamides is 1. The van der Waals surface area contributed by atoms with Gasteiger partial charge in [0.15, 0.2) is 0 Å². The molecule has 2 rings (SSSR count). The van der Waals surface area contributed by atoms with Crippen molar-refractivity contribution in [2.45, 2.75) is 26.4 Å². The van der Waals surface area contributed by atoms with Crippen LogP contribution in [0.15, 0.2) is 41.1 Å². The molecule has 4 nitrogen and oxygen atoms in total. The van der Waals surface area contributed by atoms with Crippen molar-refractivity contribution in [3.63, 3.8) is 0 Å². The number of hydrogen-bond acceptors (Lipinski definition) is 4. The van der Waals surface area contributed by atoms with Crippen LogP contribution in [0, 0.1) is 0 Å². The quantitative estimate of drug-likeness (QED) is 0.821. The Hall–Kier alpha value is -1.37. The molecular weight excluding hydrogens is 304 g/mol. The molecule has 0 aliphatic rings. The van der Waals surface area contributed by atoms with E-state index >= 15 is 0 Å². The molecule has 1 aromatic carbocycles. The second-order valence-corrected chi connectivity index (χ2v) is 7.65. The summed E-state index contributed by atoms with van der Waals surface area (Å²) >= 11 is 1.69. The minimum Gasteiger partial charge on any atom is -0.306 e. The Kier molecular flexibility index (Phi) is 5.39. The molecule has 1 aromatic heterocycles. The smallest absolute Gasteiger partial charge is 0.232 e. The molecule has 1 heterocycles. The molecule has 1 unspecified atom stereocenters. The van der Waals surface area contributed by atoms with Crippen LogP contribution in [-0.2, 0) is 16.6 Å². The molecule has 21 heavy (non-hydrogen) atoms. The summed E-state index contributed by atoms with van der Waals surface area (Å²) in [6.45, 7) is 4.54. The lowest BCUT2D eigenvalue weighted by Gasteiger charge is -2.14. The Morgan fingerprint density at radius 2 is 1.90 bits per heavy atom. The summed E-state index contributed by atoms with van der Waals surface area (Å²) in [6.07, 6.45) is 0. The second-order valence-electron chi connectivity index (χ2n) is 4.86. The van der Waals surface area contributed by atoms with Gasteiger partial charge in [-0.2, -0.15) is 11.3 Å². The van der Waals surface area contributed by atoms with Crippen LogP contribution in [0.2, 0.25) is 0 Å². The van der Waals surface area contributed by atoms with E-state index in [9.17, 15) is 8.42 Å². The van der Waals surface area contributed by atoms with Gasteiger partial charge in [-0.3, -0.25) is 4.72 Å². The molecule has 114 valence electrons. The highest BCUT2D eigenvalue weighted by Gasteiger charge is 2.08. The predicted molar refractivity (Wildman–Crippen MR) is 89.1 cm³/mol. The normalized spacial score (nSPS) is 13.0. The van der Waals surface area contributed by atoms with Crippen molar-refractivity contribution in [2.24, 2.45) is 0 Å². The van der Waals surface area contributed by atoms with Gasteiger partial charge in [0, 0.05) is 18.3 Å².